The fourth-order valence-corrected chi connectivity index (χ4v) is 2.00. The molecule has 0 spiro atoms. The lowest BCUT2D eigenvalue weighted by atomic mass is 9.88. The molecule has 0 radical (unpaired) electrons. The molecule has 0 aromatic rings. The Morgan fingerprint density at radius 1 is 1.36 bits per heavy atom. The lowest BCUT2D eigenvalue weighted by Crippen LogP contribution is -2.51. The maximum atomic E-state index is 11.6. The number of amides is 1. The largest absolute Gasteiger partial charge is 0.342 e. The Labute approximate surface area is 87.7 Å². The summed E-state index contributed by atoms with van der Waals surface area (Å²) in [6.07, 6.45) is 2.55. The van der Waals surface area contributed by atoms with Crippen LogP contribution in [-0.2, 0) is 4.79 Å². The Bertz CT molecular complexity index is 194. The summed E-state index contributed by atoms with van der Waals surface area (Å²) < 4.78 is 0. The van der Waals surface area contributed by atoms with Crippen molar-refractivity contribution >= 4 is 5.91 Å². The minimum Gasteiger partial charge on any atom is -0.342 e. The Balaban J connectivity index is 2.20. The first-order valence-corrected chi connectivity index (χ1v) is 5.83. The maximum absolute atomic E-state index is 11.6. The quantitative estimate of drug-likeness (QED) is 0.678. The molecule has 2 heteroatoms. The summed E-state index contributed by atoms with van der Waals surface area (Å²) in [7, 11) is 0. The molecule has 1 amide bonds. The van der Waals surface area contributed by atoms with E-state index >= 15 is 0 Å². The van der Waals surface area contributed by atoms with E-state index in [1.807, 2.05) is 18.7 Å². The highest BCUT2D eigenvalue weighted by Crippen LogP contribution is 2.25. The molecule has 0 aliphatic carbocycles. The maximum Gasteiger partial charge on any atom is 0.225 e. The van der Waals surface area contributed by atoms with Crippen LogP contribution in [0.4, 0.5) is 0 Å². The van der Waals surface area contributed by atoms with Crippen molar-refractivity contribution in [2.75, 3.05) is 13.1 Å². The van der Waals surface area contributed by atoms with Crippen LogP contribution >= 0.6 is 0 Å². The molecule has 0 aromatic heterocycles. The van der Waals surface area contributed by atoms with Gasteiger partial charge in [-0.05, 0) is 18.3 Å². The second-order valence-corrected chi connectivity index (χ2v) is 5.01. The van der Waals surface area contributed by atoms with Crippen LogP contribution in [0.3, 0.4) is 0 Å². The highest BCUT2D eigenvalue weighted by Gasteiger charge is 2.31. The van der Waals surface area contributed by atoms with E-state index in [2.05, 4.69) is 13.8 Å². The average molecular weight is 197 g/mol. The minimum absolute atomic E-state index is 0.166. The summed E-state index contributed by atoms with van der Waals surface area (Å²) in [5.41, 5.74) is 0. The molecule has 14 heavy (non-hydrogen) atoms. The Hall–Kier alpha value is -0.530. The van der Waals surface area contributed by atoms with Crippen molar-refractivity contribution in [3.8, 4) is 0 Å². The van der Waals surface area contributed by atoms with Gasteiger partial charge in [-0.1, -0.05) is 34.1 Å². The first kappa shape index (κ1) is 11.5. The summed E-state index contributed by atoms with van der Waals surface area (Å²) in [4.78, 5) is 13.5. The summed E-state index contributed by atoms with van der Waals surface area (Å²) in [6, 6.07) is 0. The van der Waals surface area contributed by atoms with E-state index in [4.69, 9.17) is 0 Å². The van der Waals surface area contributed by atoms with Crippen molar-refractivity contribution in [3.63, 3.8) is 0 Å². The van der Waals surface area contributed by atoms with E-state index < -0.39 is 0 Å². The van der Waals surface area contributed by atoms with E-state index in [1.165, 1.54) is 12.8 Å². The first-order valence-electron chi connectivity index (χ1n) is 5.83. The third-order valence-corrected chi connectivity index (χ3v) is 3.20. The van der Waals surface area contributed by atoms with Gasteiger partial charge in [-0.25, -0.2) is 0 Å². The highest BCUT2D eigenvalue weighted by atomic mass is 16.2. The van der Waals surface area contributed by atoms with Crippen LogP contribution < -0.4 is 0 Å². The van der Waals surface area contributed by atoms with Gasteiger partial charge in [0, 0.05) is 19.0 Å². The second-order valence-electron chi connectivity index (χ2n) is 5.01. The lowest BCUT2D eigenvalue weighted by Gasteiger charge is -2.41. The van der Waals surface area contributed by atoms with Gasteiger partial charge in [0.05, 0.1) is 0 Å². The molecule has 1 heterocycles. The second kappa shape index (κ2) is 4.81. The number of rotatable bonds is 4. The number of likely N-dealkylation sites (tertiary alicyclic amines) is 1. The number of hydrogen-bond donors (Lipinski definition) is 0. The molecule has 1 fully saturated rings. The number of hydrogen-bond acceptors (Lipinski definition) is 1. The van der Waals surface area contributed by atoms with Crippen LogP contribution in [0, 0.1) is 17.8 Å². The van der Waals surface area contributed by atoms with Crippen LogP contribution in [-0.4, -0.2) is 23.9 Å². The predicted molar refractivity (Wildman–Crippen MR) is 59.0 cm³/mol. The zero-order chi connectivity index (χ0) is 10.7. The average Bonchev–Trinajstić information content (AvgIpc) is 2.08. The van der Waals surface area contributed by atoms with E-state index in [0.29, 0.717) is 5.91 Å². The van der Waals surface area contributed by atoms with Gasteiger partial charge in [0.25, 0.3) is 0 Å². The SMILES string of the molecule is CCC(C)CC1CN(C(=O)C(C)C)C1. The summed E-state index contributed by atoms with van der Waals surface area (Å²) in [6.45, 7) is 10.5. The molecular formula is C12H23NO. The molecule has 0 saturated carbocycles. The van der Waals surface area contributed by atoms with Gasteiger partial charge in [0.15, 0.2) is 0 Å². The molecule has 1 rings (SSSR count). The zero-order valence-corrected chi connectivity index (χ0v) is 9.92. The topological polar surface area (TPSA) is 20.3 Å². The highest BCUT2D eigenvalue weighted by molar-refractivity contribution is 5.78. The molecule has 82 valence electrons. The van der Waals surface area contributed by atoms with Crippen LogP contribution in [0.5, 0.6) is 0 Å². The van der Waals surface area contributed by atoms with Crippen molar-refractivity contribution in [2.45, 2.75) is 40.5 Å². The van der Waals surface area contributed by atoms with Crippen LogP contribution in [0.25, 0.3) is 0 Å². The van der Waals surface area contributed by atoms with Gasteiger partial charge in [-0.3, -0.25) is 4.79 Å². The third kappa shape index (κ3) is 2.73. The number of nitrogens with zero attached hydrogens (tertiary/aromatic N) is 1. The fourth-order valence-electron chi connectivity index (χ4n) is 2.00. The van der Waals surface area contributed by atoms with E-state index in [-0.39, 0.29) is 5.92 Å². The smallest absolute Gasteiger partial charge is 0.225 e. The minimum atomic E-state index is 0.166. The third-order valence-electron chi connectivity index (χ3n) is 3.20. The standard InChI is InChI=1S/C12H23NO/c1-5-10(4)6-11-7-13(8-11)12(14)9(2)3/h9-11H,5-8H2,1-4H3. The van der Waals surface area contributed by atoms with Gasteiger partial charge in [-0.2, -0.15) is 0 Å². The molecule has 0 N–H and O–H groups in total. The molecule has 1 aliphatic rings. The van der Waals surface area contributed by atoms with Crippen molar-refractivity contribution < 1.29 is 4.79 Å². The van der Waals surface area contributed by atoms with Gasteiger partial charge in [-0.15, -0.1) is 0 Å². The predicted octanol–water partition coefficient (Wildman–Crippen LogP) is 2.54. The monoisotopic (exact) mass is 197 g/mol. The van der Waals surface area contributed by atoms with E-state index in [9.17, 15) is 4.79 Å². The Kier molecular flexibility index (Phi) is 3.97. The van der Waals surface area contributed by atoms with Gasteiger partial charge in [0.2, 0.25) is 5.91 Å². The molecule has 1 aliphatic heterocycles. The van der Waals surface area contributed by atoms with E-state index in [1.54, 1.807) is 0 Å². The first-order chi connectivity index (χ1) is 6.54. The molecule has 0 aromatic carbocycles. The van der Waals surface area contributed by atoms with Gasteiger partial charge < -0.3 is 4.90 Å². The van der Waals surface area contributed by atoms with Gasteiger partial charge in [0.1, 0.15) is 0 Å². The molecule has 1 atom stereocenters. The van der Waals surface area contributed by atoms with Crippen molar-refractivity contribution in [1.29, 1.82) is 0 Å². The summed E-state index contributed by atoms with van der Waals surface area (Å²) >= 11 is 0. The van der Waals surface area contributed by atoms with Crippen LogP contribution in [0.2, 0.25) is 0 Å². The number of carbonyl (C=O) groups excluding carboxylic acids is 1. The number of carbonyl (C=O) groups is 1. The van der Waals surface area contributed by atoms with Crippen molar-refractivity contribution in [1.82, 2.24) is 4.90 Å². The van der Waals surface area contributed by atoms with Crippen molar-refractivity contribution in [2.24, 2.45) is 17.8 Å². The molecular weight excluding hydrogens is 174 g/mol. The lowest BCUT2D eigenvalue weighted by molar-refractivity contribution is -0.141. The van der Waals surface area contributed by atoms with Gasteiger partial charge >= 0.3 is 0 Å². The molecule has 1 saturated heterocycles. The van der Waals surface area contributed by atoms with Crippen LogP contribution in [0.1, 0.15) is 40.5 Å². The van der Waals surface area contributed by atoms with E-state index in [0.717, 1.165) is 24.9 Å². The van der Waals surface area contributed by atoms with Crippen LogP contribution in [0.15, 0.2) is 0 Å². The summed E-state index contributed by atoms with van der Waals surface area (Å²) in [5, 5.41) is 0. The molecule has 2 nitrogen and oxygen atoms in total. The Morgan fingerprint density at radius 2 is 1.93 bits per heavy atom. The fraction of sp³-hybridized carbons (Fsp3) is 0.917. The summed E-state index contributed by atoms with van der Waals surface area (Å²) in [5.74, 6) is 2.08. The zero-order valence-electron chi connectivity index (χ0n) is 9.92. The van der Waals surface area contributed by atoms with Crippen molar-refractivity contribution in [3.05, 3.63) is 0 Å². The molecule has 1 unspecified atom stereocenters. The molecule has 0 bridgehead atoms. The Morgan fingerprint density at radius 3 is 2.36 bits per heavy atom. The normalized spacial score (nSPS) is 19.6.